The largest absolute Gasteiger partial charge is 0.361 e. The summed E-state index contributed by atoms with van der Waals surface area (Å²) in [6.07, 6.45) is 3.50. The fraction of sp³-hybridized carbons (Fsp3) is 0.154. The van der Waals surface area contributed by atoms with Gasteiger partial charge in [0.1, 0.15) is 11.5 Å². The molecule has 1 unspecified atom stereocenters. The van der Waals surface area contributed by atoms with Crippen molar-refractivity contribution in [2.75, 3.05) is 5.32 Å². The molecule has 0 spiro atoms. The Labute approximate surface area is 125 Å². The van der Waals surface area contributed by atoms with Crippen LogP contribution in [0.25, 0.3) is 11.0 Å². The standard InChI is InChI=1S/C13H11Cl2N5/c1-7(10-9(14)3-2-5-16-10)18-12-8-4-6-17-11(8)19-13(15)20-12/h2-7H,1H3,(H2,17,18,19,20). The van der Waals surface area contributed by atoms with Gasteiger partial charge in [-0.1, -0.05) is 11.6 Å². The van der Waals surface area contributed by atoms with Crippen LogP contribution in [0.5, 0.6) is 0 Å². The lowest BCUT2D eigenvalue weighted by Crippen LogP contribution is -2.10. The number of hydrogen-bond acceptors (Lipinski definition) is 4. The summed E-state index contributed by atoms with van der Waals surface area (Å²) in [5.41, 5.74) is 1.44. The quantitative estimate of drug-likeness (QED) is 0.722. The zero-order chi connectivity index (χ0) is 14.1. The van der Waals surface area contributed by atoms with Crippen LogP contribution < -0.4 is 5.32 Å². The fourth-order valence-corrected chi connectivity index (χ4v) is 2.47. The maximum absolute atomic E-state index is 6.15. The van der Waals surface area contributed by atoms with Crippen molar-refractivity contribution in [1.82, 2.24) is 19.9 Å². The number of anilines is 1. The maximum atomic E-state index is 6.15. The van der Waals surface area contributed by atoms with Crippen molar-refractivity contribution in [3.8, 4) is 0 Å². The maximum Gasteiger partial charge on any atom is 0.226 e. The molecule has 0 saturated carbocycles. The van der Waals surface area contributed by atoms with Crippen molar-refractivity contribution in [2.24, 2.45) is 0 Å². The van der Waals surface area contributed by atoms with Crippen LogP contribution in [-0.2, 0) is 0 Å². The third kappa shape index (κ3) is 2.42. The first kappa shape index (κ1) is 13.1. The van der Waals surface area contributed by atoms with Crippen LogP contribution in [-0.4, -0.2) is 19.9 Å². The van der Waals surface area contributed by atoms with E-state index in [0.717, 1.165) is 11.1 Å². The topological polar surface area (TPSA) is 66.5 Å². The first-order valence-corrected chi connectivity index (χ1v) is 6.78. The van der Waals surface area contributed by atoms with E-state index in [0.29, 0.717) is 16.5 Å². The van der Waals surface area contributed by atoms with Crippen LogP contribution in [0.1, 0.15) is 18.7 Å². The van der Waals surface area contributed by atoms with Gasteiger partial charge in [-0.05, 0) is 36.7 Å². The van der Waals surface area contributed by atoms with Gasteiger partial charge in [0.05, 0.1) is 22.1 Å². The average Bonchev–Trinajstić information content (AvgIpc) is 2.87. The molecule has 0 amide bonds. The zero-order valence-corrected chi connectivity index (χ0v) is 12.1. The van der Waals surface area contributed by atoms with Crippen molar-refractivity contribution < 1.29 is 0 Å². The molecule has 0 fully saturated rings. The molecule has 2 N–H and O–H groups in total. The number of aromatic nitrogens is 4. The third-order valence-electron chi connectivity index (χ3n) is 2.94. The van der Waals surface area contributed by atoms with E-state index in [4.69, 9.17) is 23.2 Å². The van der Waals surface area contributed by atoms with Gasteiger partial charge >= 0.3 is 0 Å². The van der Waals surface area contributed by atoms with Gasteiger partial charge in [0.2, 0.25) is 5.28 Å². The van der Waals surface area contributed by atoms with Gasteiger partial charge < -0.3 is 10.3 Å². The fourth-order valence-electron chi connectivity index (χ4n) is 2.01. The highest BCUT2D eigenvalue weighted by Gasteiger charge is 2.14. The van der Waals surface area contributed by atoms with E-state index in [1.807, 2.05) is 13.0 Å². The van der Waals surface area contributed by atoms with Crippen molar-refractivity contribution in [1.29, 1.82) is 0 Å². The Kier molecular flexibility index (Phi) is 3.46. The van der Waals surface area contributed by atoms with Crippen LogP contribution in [0, 0.1) is 0 Å². The number of nitrogens with one attached hydrogen (secondary N) is 2. The van der Waals surface area contributed by atoms with E-state index >= 15 is 0 Å². The second kappa shape index (κ2) is 5.26. The molecule has 0 bridgehead atoms. The van der Waals surface area contributed by atoms with Gasteiger partial charge in [0, 0.05) is 12.4 Å². The number of H-pyrrole nitrogens is 1. The van der Waals surface area contributed by atoms with Crippen molar-refractivity contribution >= 4 is 40.1 Å². The van der Waals surface area contributed by atoms with Crippen LogP contribution >= 0.6 is 23.2 Å². The lowest BCUT2D eigenvalue weighted by Gasteiger charge is -2.15. The van der Waals surface area contributed by atoms with Crippen LogP contribution in [0.2, 0.25) is 10.3 Å². The predicted octanol–water partition coefficient (Wildman–Crippen LogP) is 3.83. The second-order valence-corrected chi connectivity index (χ2v) is 5.06. The van der Waals surface area contributed by atoms with E-state index in [9.17, 15) is 0 Å². The Bertz CT molecular complexity index is 755. The molecule has 3 aromatic heterocycles. The van der Waals surface area contributed by atoms with E-state index < -0.39 is 0 Å². The number of pyridine rings is 1. The van der Waals surface area contributed by atoms with Gasteiger partial charge in [0.25, 0.3) is 0 Å². The number of aromatic amines is 1. The number of nitrogens with zero attached hydrogens (tertiary/aromatic N) is 3. The summed E-state index contributed by atoms with van der Waals surface area (Å²) in [7, 11) is 0. The van der Waals surface area contributed by atoms with Crippen LogP contribution in [0.3, 0.4) is 0 Å². The van der Waals surface area contributed by atoms with E-state index in [1.54, 1.807) is 24.5 Å². The first-order valence-electron chi connectivity index (χ1n) is 6.02. The monoisotopic (exact) mass is 307 g/mol. The molecule has 20 heavy (non-hydrogen) atoms. The zero-order valence-electron chi connectivity index (χ0n) is 10.6. The van der Waals surface area contributed by atoms with Crippen LogP contribution in [0.15, 0.2) is 30.6 Å². The molecular weight excluding hydrogens is 297 g/mol. The Hall–Kier alpha value is -1.85. The molecule has 0 aliphatic rings. The van der Waals surface area contributed by atoms with Gasteiger partial charge in [-0.3, -0.25) is 4.98 Å². The highest BCUT2D eigenvalue weighted by atomic mass is 35.5. The second-order valence-electron chi connectivity index (χ2n) is 4.32. The summed E-state index contributed by atoms with van der Waals surface area (Å²) in [4.78, 5) is 15.6. The lowest BCUT2D eigenvalue weighted by atomic mass is 10.2. The molecule has 102 valence electrons. The molecule has 0 radical (unpaired) electrons. The SMILES string of the molecule is CC(Nc1nc(Cl)nc2[nH]ccc12)c1ncccc1Cl. The molecule has 0 saturated heterocycles. The Morgan fingerprint density at radius 3 is 2.90 bits per heavy atom. The van der Waals surface area contributed by atoms with Gasteiger partial charge in [-0.25, -0.2) is 4.98 Å². The van der Waals surface area contributed by atoms with Crippen molar-refractivity contribution in [3.63, 3.8) is 0 Å². The third-order valence-corrected chi connectivity index (χ3v) is 3.43. The summed E-state index contributed by atoms with van der Waals surface area (Å²) >= 11 is 12.1. The molecule has 0 aliphatic carbocycles. The number of rotatable bonds is 3. The average molecular weight is 308 g/mol. The Balaban J connectivity index is 1.97. The van der Waals surface area contributed by atoms with E-state index in [-0.39, 0.29) is 11.3 Å². The molecule has 3 heterocycles. The molecule has 0 aromatic carbocycles. The molecule has 3 aromatic rings. The van der Waals surface area contributed by atoms with Crippen molar-refractivity contribution in [3.05, 3.63) is 46.6 Å². The minimum atomic E-state index is -0.104. The summed E-state index contributed by atoms with van der Waals surface area (Å²) in [6.45, 7) is 1.96. The molecular formula is C13H11Cl2N5. The van der Waals surface area contributed by atoms with E-state index in [1.165, 1.54) is 0 Å². The lowest BCUT2D eigenvalue weighted by molar-refractivity contribution is 0.833. The summed E-state index contributed by atoms with van der Waals surface area (Å²) in [5, 5.41) is 4.93. The molecule has 7 heteroatoms. The highest BCUT2D eigenvalue weighted by molar-refractivity contribution is 6.31. The number of hydrogen-bond donors (Lipinski definition) is 2. The predicted molar refractivity (Wildman–Crippen MR) is 80.2 cm³/mol. The first-order chi connectivity index (χ1) is 9.65. The van der Waals surface area contributed by atoms with Gasteiger partial charge in [-0.2, -0.15) is 4.98 Å². The van der Waals surface area contributed by atoms with Gasteiger partial charge in [-0.15, -0.1) is 0 Å². The minimum absolute atomic E-state index is 0.104. The summed E-state index contributed by atoms with van der Waals surface area (Å²) in [5.74, 6) is 0.649. The summed E-state index contributed by atoms with van der Waals surface area (Å²) < 4.78 is 0. The highest BCUT2D eigenvalue weighted by Crippen LogP contribution is 2.27. The molecule has 1 atom stereocenters. The number of fused-ring (bicyclic) bond motifs is 1. The Morgan fingerprint density at radius 1 is 1.25 bits per heavy atom. The minimum Gasteiger partial charge on any atom is -0.361 e. The summed E-state index contributed by atoms with van der Waals surface area (Å²) in [6, 6.07) is 5.39. The smallest absolute Gasteiger partial charge is 0.226 e. The van der Waals surface area contributed by atoms with Gasteiger partial charge in [0.15, 0.2) is 0 Å². The molecule has 3 rings (SSSR count). The van der Waals surface area contributed by atoms with Crippen molar-refractivity contribution in [2.45, 2.75) is 13.0 Å². The molecule has 5 nitrogen and oxygen atoms in total. The Morgan fingerprint density at radius 2 is 2.10 bits per heavy atom. The van der Waals surface area contributed by atoms with Crippen LogP contribution in [0.4, 0.5) is 5.82 Å². The molecule has 0 aliphatic heterocycles. The number of halogens is 2. The normalized spacial score (nSPS) is 12.6. The van der Waals surface area contributed by atoms with E-state index in [2.05, 4.69) is 25.3 Å².